The van der Waals surface area contributed by atoms with Crippen molar-refractivity contribution in [2.75, 3.05) is 19.1 Å². The van der Waals surface area contributed by atoms with Crippen molar-refractivity contribution in [3.05, 3.63) is 91.0 Å². The molecule has 0 radical (unpaired) electrons. The fourth-order valence-electron chi connectivity index (χ4n) is 2.80. The highest BCUT2D eigenvalue weighted by Crippen LogP contribution is 2.27. The predicted octanol–water partition coefficient (Wildman–Crippen LogP) is 10.5. The third-order valence-corrected chi connectivity index (χ3v) is 8.29. The van der Waals surface area contributed by atoms with Crippen molar-refractivity contribution >= 4 is 64.9 Å². The van der Waals surface area contributed by atoms with Crippen molar-refractivity contribution < 1.29 is 38.1 Å². The molecule has 0 saturated carbocycles. The molecule has 0 aliphatic carbocycles. The molecule has 53 heavy (non-hydrogen) atoms. The van der Waals surface area contributed by atoms with Gasteiger partial charge in [-0.25, -0.2) is 0 Å². The van der Waals surface area contributed by atoms with Gasteiger partial charge >= 0.3 is 23.9 Å². The molecule has 2 aromatic rings. The number of carbonyl (C=O) groups is 4. The summed E-state index contributed by atoms with van der Waals surface area (Å²) in [4.78, 5) is 51.7. The van der Waals surface area contributed by atoms with E-state index in [0.717, 1.165) is 11.3 Å². The summed E-state index contributed by atoms with van der Waals surface area (Å²) in [7, 11) is 5.80. The van der Waals surface area contributed by atoms with E-state index < -0.39 is 0 Å². The van der Waals surface area contributed by atoms with Gasteiger partial charge in [-0.1, -0.05) is 149 Å². The Morgan fingerprint density at radius 1 is 0.660 bits per heavy atom. The summed E-state index contributed by atoms with van der Waals surface area (Å²) in [6, 6.07) is 13.9. The molecule has 0 aromatic heterocycles. The third kappa shape index (κ3) is 27.7. The highest BCUT2D eigenvalue weighted by atomic mass is 33.3. The number of hydrogen-bond donors (Lipinski definition) is 0. The zero-order valence-electron chi connectivity index (χ0n) is 31.1. The van der Waals surface area contributed by atoms with Crippen LogP contribution in [0.25, 0.3) is 31.3 Å². The van der Waals surface area contributed by atoms with Crippen LogP contribution in [0, 0.1) is 23.7 Å². The molecular weight excluding hydrogens is 746 g/mol. The van der Waals surface area contributed by atoms with Gasteiger partial charge in [-0.05, 0) is 27.7 Å². The molecule has 1 atom stereocenters. The monoisotopic (exact) mass is 793 g/mol. The molecule has 0 saturated heterocycles. The number of hydrogen-bond acceptors (Lipinski definition) is 13. The summed E-state index contributed by atoms with van der Waals surface area (Å²) in [6.07, 6.45) is 0. The molecule has 17 nitrogen and oxygen atoms in total. The van der Waals surface area contributed by atoms with Gasteiger partial charge in [0.2, 0.25) is 0 Å². The van der Waals surface area contributed by atoms with Crippen LogP contribution in [0.4, 0.5) is 11.4 Å². The Kier molecular flexibility index (Phi) is 30.5. The fourth-order valence-corrected chi connectivity index (χ4v) is 4.41. The molecule has 1 unspecified atom stereocenters. The smallest absolute Gasteiger partial charge is 0.308 e. The molecular formula is C33H48N9O8PS2. The molecule has 0 spiro atoms. The van der Waals surface area contributed by atoms with Crippen LogP contribution in [0.1, 0.15) is 66.5 Å². The summed E-state index contributed by atoms with van der Waals surface area (Å²) in [5.41, 5.74) is 27.0. The van der Waals surface area contributed by atoms with Crippen molar-refractivity contribution in [2.45, 2.75) is 68.6 Å². The zero-order chi connectivity index (χ0) is 40.6. The molecule has 0 aliphatic heterocycles. The first-order valence-electron chi connectivity index (χ1n) is 16.1. The molecule has 0 bridgehead atoms. The zero-order valence-corrected chi connectivity index (χ0v) is 33.9. The minimum atomic E-state index is -0.354. The van der Waals surface area contributed by atoms with Crippen LogP contribution in [-0.2, 0) is 51.3 Å². The maximum absolute atomic E-state index is 11.3. The lowest BCUT2D eigenvalue weighted by Gasteiger charge is -2.08. The largest absolute Gasteiger partial charge is 0.465 e. The van der Waals surface area contributed by atoms with Crippen molar-refractivity contribution in [1.29, 1.82) is 0 Å². The normalized spacial score (nSPS) is 9.60. The Bertz CT molecular complexity index is 1550. The second-order valence-electron chi connectivity index (χ2n) is 11.4. The summed E-state index contributed by atoms with van der Waals surface area (Å²) in [5, 5.41) is 9.99. The van der Waals surface area contributed by atoms with Crippen LogP contribution in [0.15, 0.2) is 63.9 Å². The second-order valence-corrected chi connectivity index (χ2v) is 15.3. The minimum Gasteiger partial charge on any atom is -0.465 e. The van der Waals surface area contributed by atoms with Crippen LogP contribution < -0.4 is 0 Å². The average molecular weight is 794 g/mol. The Morgan fingerprint density at radius 2 is 1.15 bits per heavy atom. The van der Waals surface area contributed by atoms with Gasteiger partial charge < -0.3 is 18.9 Å². The topological polar surface area (TPSA) is 251 Å². The van der Waals surface area contributed by atoms with Crippen LogP contribution in [0.5, 0.6) is 0 Å². The van der Waals surface area contributed by atoms with Crippen LogP contribution in [0.2, 0.25) is 0 Å². The van der Waals surface area contributed by atoms with E-state index >= 15 is 0 Å². The number of nitrogens with zero attached hydrogens (tertiary/aromatic N) is 9. The number of azide groups is 3. The quantitative estimate of drug-likeness (QED) is 0.0227. The highest BCUT2D eigenvalue weighted by molar-refractivity contribution is 8.94. The van der Waals surface area contributed by atoms with Crippen LogP contribution in [-0.4, -0.2) is 43.0 Å². The molecule has 2 rings (SSSR count). The van der Waals surface area contributed by atoms with Gasteiger partial charge in [0.25, 0.3) is 0 Å². The fraction of sp³-hybridized carbons (Fsp3) is 0.515. The lowest BCUT2D eigenvalue weighted by atomic mass is 10.2. The van der Waals surface area contributed by atoms with E-state index in [1.165, 1.54) is 0 Å². The van der Waals surface area contributed by atoms with Gasteiger partial charge in [-0.3, -0.25) is 19.2 Å². The Balaban J connectivity index is 0. The third-order valence-electron chi connectivity index (χ3n) is 5.68. The van der Waals surface area contributed by atoms with E-state index in [9.17, 15) is 19.2 Å². The lowest BCUT2D eigenvalue weighted by molar-refractivity contribution is -0.149. The molecule has 0 aliphatic rings. The molecule has 20 heteroatoms. The van der Waals surface area contributed by atoms with Gasteiger partial charge in [-0.15, -0.1) is 0 Å². The lowest BCUT2D eigenvalue weighted by Crippen LogP contribution is -2.13. The molecule has 0 amide bonds. The van der Waals surface area contributed by atoms with Gasteiger partial charge in [-0.2, -0.15) is 0 Å². The van der Waals surface area contributed by atoms with Gasteiger partial charge in [0.1, 0.15) is 19.8 Å². The van der Waals surface area contributed by atoms with Gasteiger partial charge in [0, 0.05) is 31.9 Å². The second kappa shape index (κ2) is 32.1. The first-order valence-corrected chi connectivity index (χ1v) is 19.9. The number of rotatable bonds is 16. The number of carbonyl (C=O) groups excluding carboxylic acids is 4. The Hall–Kier alpha value is -4.62. The first kappa shape index (κ1) is 50.5. The molecule has 290 valence electrons. The van der Waals surface area contributed by atoms with E-state index in [2.05, 4.69) is 43.3 Å². The number of esters is 4. The highest BCUT2D eigenvalue weighted by Gasteiger charge is 2.10. The van der Waals surface area contributed by atoms with Crippen LogP contribution in [0.3, 0.4) is 0 Å². The summed E-state index contributed by atoms with van der Waals surface area (Å²) in [5.74, 6) is -0.569. The standard InChI is InChI=1S/2C11H13N3O2.C6H13O2PS2.C5H9N3O2/c1-8(2)11(15)16-7-9-3-5-10(6-4-9)13-14-12;1-8(2)11(15)16-7-9-5-3-4-6-10(9)13-14-12;1-5(2)6(7)8-3-4-10-11-9;1-4(2)5(9)10-3-7-8-6/h2*3-6,8H,7H2,1-2H3;5H,3-4,9H2,1-2H3;4H,3H2,1-2H3. The summed E-state index contributed by atoms with van der Waals surface area (Å²) >= 11 is 0. The Morgan fingerprint density at radius 3 is 1.64 bits per heavy atom. The van der Waals surface area contributed by atoms with Crippen molar-refractivity contribution in [3.63, 3.8) is 0 Å². The average Bonchev–Trinajstić information content (AvgIpc) is 3.13. The van der Waals surface area contributed by atoms with E-state index in [0.29, 0.717) is 23.5 Å². The molecule has 2 aromatic carbocycles. The van der Waals surface area contributed by atoms with E-state index in [1.54, 1.807) is 111 Å². The SMILES string of the molecule is CC(C)C(=O)OCCSSP.CC(C)C(=O)OCN=[N+]=[N-].CC(C)C(=O)OCc1ccc(N=[N+]=[N-])cc1.CC(C)C(=O)OCc1ccccc1N=[N+]=[N-]. The number of ether oxygens (including phenoxy) is 4. The minimum absolute atomic E-state index is 0.0105. The van der Waals surface area contributed by atoms with E-state index in [1.807, 2.05) is 13.8 Å². The van der Waals surface area contributed by atoms with Crippen molar-refractivity contribution in [3.8, 4) is 0 Å². The summed E-state index contributed by atoms with van der Waals surface area (Å²) < 4.78 is 19.5. The molecule has 0 N–H and O–H groups in total. The van der Waals surface area contributed by atoms with Crippen molar-refractivity contribution in [2.24, 2.45) is 39.0 Å². The molecule has 0 heterocycles. The van der Waals surface area contributed by atoms with Gasteiger partial charge in [0.15, 0.2) is 6.73 Å². The van der Waals surface area contributed by atoms with Gasteiger partial charge in [0.05, 0.1) is 23.7 Å². The number of benzene rings is 2. The summed E-state index contributed by atoms with van der Waals surface area (Å²) in [6.45, 7) is 14.9. The van der Waals surface area contributed by atoms with Crippen molar-refractivity contribution in [1.82, 2.24) is 0 Å². The molecule has 0 fully saturated rings. The maximum Gasteiger partial charge on any atom is 0.308 e. The maximum atomic E-state index is 11.3. The van der Waals surface area contributed by atoms with E-state index in [-0.39, 0.29) is 67.5 Å². The predicted molar refractivity (Wildman–Crippen MR) is 210 cm³/mol. The van der Waals surface area contributed by atoms with E-state index in [4.69, 9.17) is 30.8 Å². The first-order chi connectivity index (χ1) is 25.1. The Labute approximate surface area is 319 Å². The van der Waals surface area contributed by atoms with Crippen LogP contribution >= 0.6 is 29.6 Å².